The predicted octanol–water partition coefficient (Wildman–Crippen LogP) is 1.11. The molecule has 0 unspecified atom stereocenters. The van der Waals surface area contributed by atoms with E-state index in [2.05, 4.69) is 30.0 Å². The highest BCUT2D eigenvalue weighted by molar-refractivity contribution is 5.12. The van der Waals surface area contributed by atoms with Gasteiger partial charge in [0.05, 0.1) is 11.4 Å². The molecule has 0 aliphatic carbocycles. The van der Waals surface area contributed by atoms with Gasteiger partial charge in [0.2, 0.25) is 0 Å². The first-order valence-corrected chi connectivity index (χ1v) is 5.85. The summed E-state index contributed by atoms with van der Waals surface area (Å²) >= 11 is 0. The fraction of sp³-hybridized carbons (Fsp3) is 0.667. The second-order valence-electron chi connectivity index (χ2n) is 4.88. The number of piperazine rings is 1. The summed E-state index contributed by atoms with van der Waals surface area (Å²) in [6.07, 6.45) is 2.39. The zero-order valence-electron chi connectivity index (χ0n) is 10.0. The van der Waals surface area contributed by atoms with E-state index >= 15 is 0 Å². The van der Waals surface area contributed by atoms with Gasteiger partial charge in [-0.25, -0.2) is 5.06 Å². The highest BCUT2D eigenvalue weighted by atomic mass is 16.5. The van der Waals surface area contributed by atoms with Crippen LogP contribution in [0.5, 0.6) is 0 Å². The van der Waals surface area contributed by atoms with Gasteiger partial charge in [-0.05, 0) is 33.0 Å². The summed E-state index contributed by atoms with van der Waals surface area (Å²) in [7, 11) is 2.17. The molecule has 0 bridgehead atoms. The topological polar surface area (TPSA) is 30.0 Å². The first-order chi connectivity index (χ1) is 7.58. The van der Waals surface area contributed by atoms with Gasteiger partial charge >= 0.3 is 0 Å². The second-order valence-corrected chi connectivity index (χ2v) is 4.88. The zero-order valence-corrected chi connectivity index (χ0v) is 10.0. The molecule has 0 spiro atoms. The molecular weight excluding hydrogens is 202 g/mol. The van der Waals surface area contributed by atoms with Gasteiger partial charge in [-0.15, -0.1) is 0 Å². The average Bonchev–Trinajstić information content (AvgIpc) is 2.26. The number of hydrogen-bond donors (Lipinski definition) is 1. The Morgan fingerprint density at radius 3 is 2.12 bits per heavy atom. The zero-order chi connectivity index (χ0) is 11.7. The van der Waals surface area contributed by atoms with Crippen molar-refractivity contribution in [3.05, 3.63) is 24.6 Å². The third kappa shape index (κ3) is 2.29. The van der Waals surface area contributed by atoms with E-state index in [0.717, 1.165) is 42.6 Å². The Balaban J connectivity index is 1.95. The molecule has 2 heterocycles. The summed E-state index contributed by atoms with van der Waals surface area (Å²) in [4.78, 5) is 4.74. The SMILES string of the molecule is C=C1CN(C2CCN(C)CC2)CC(=C)N1O. The molecule has 2 rings (SSSR count). The van der Waals surface area contributed by atoms with Gasteiger partial charge in [0.25, 0.3) is 0 Å². The van der Waals surface area contributed by atoms with Crippen molar-refractivity contribution in [3.8, 4) is 0 Å². The fourth-order valence-electron chi connectivity index (χ4n) is 2.50. The molecular formula is C12H21N3O. The fourth-order valence-corrected chi connectivity index (χ4v) is 2.50. The minimum absolute atomic E-state index is 0.610. The predicted molar refractivity (Wildman–Crippen MR) is 64.0 cm³/mol. The molecule has 90 valence electrons. The van der Waals surface area contributed by atoms with E-state index < -0.39 is 0 Å². The maximum absolute atomic E-state index is 9.60. The third-order valence-corrected chi connectivity index (χ3v) is 3.57. The molecule has 16 heavy (non-hydrogen) atoms. The lowest BCUT2D eigenvalue weighted by atomic mass is 10.0. The molecule has 2 aliphatic heterocycles. The minimum atomic E-state index is 0.610. The van der Waals surface area contributed by atoms with Crippen molar-refractivity contribution >= 4 is 0 Å². The Morgan fingerprint density at radius 2 is 1.62 bits per heavy atom. The van der Waals surface area contributed by atoms with E-state index in [1.54, 1.807) is 0 Å². The van der Waals surface area contributed by atoms with Crippen LogP contribution >= 0.6 is 0 Å². The van der Waals surface area contributed by atoms with E-state index in [0.29, 0.717) is 6.04 Å². The Kier molecular flexibility index (Phi) is 3.33. The molecule has 0 amide bonds. The van der Waals surface area contributed by atoms with Crippen LogP contribution in [0.15, 0.2) is 24.6 Å². The van der Waals surface area contributed by atoms with Crippen molar-refractivity contribution in [1.29, 1.82) is 0 Å². The van der Waals surface area contributed by atoms with E-state index in [9.17, 15) is 5.21 Å². The van der Waals surface area contributed by atoms with E-state index in [-0.39, 0.29) is 0 Å². The highest BCUT2D eigenvalue weighted by Crippen LogP contribution is 2.23. The van der Waals surface area contributed by atoms with Crippen molar-refractivity contribution < 1.29 is 5.21 Å². The normalized spacial score (nSPS) is 26.5. The van der Waals surface area contributed by atoms with Crippen LogP contribution in [0.2, 0.25) is 0 Å². The van der Waals surface area contributed by atoms with Gasteiger partial charge < -0.3 is 4.90 Å². The minimum Gasteiger partial charge on any atom is -0.306 e. The molecule has 0 radical (unpaired) electrons. The maximum Gasteiger partial charge on any atom is 0.0532 e. The van der Waals surface area contributed by atoms with Gasteiger partial charge in [0.15, 0.2) is 0 Å². The number of likely N-dealkylation sites (tertiary alicyclic amines) is 1. The number of nitrogens with zero attached hydrogens (tertiary/aromatic N) is 3. The second kappa shape index (κ2) is 4.57. The van der Waals surface area contributed by atoms with Crippen molar-refractivity contribution in [2.75, 3.05) is 33.2 Å². The van der Waals surface area contributed by atoms with Gasteiger partial charge in [-0.1, -0.05) is 13.2 Å². The average molecular weight is 223 g/mol. The van der Waals surface area contributed by atoms with Gasteiger partial charge in [-0.2, -0.15) is 0 Å². The Bertz CT molecular complexity index is 277. The summed E-state index contributed by atoms with van der Waals surface area (Å²) in [6, 6.07) is 0.610. The van der Waals surface area contributed by atoms with Gasteiger partial charge in [0, 0.05) is 19.1 Å². The van der Waals surface area contributed by atoms with E-state index in [4.69, 9.17) is 0 Å². The Hall–Kier alpha value is -0.840. The Labute approximate surface area is 97.4 Å². The van der Waals surface area contributed by atoms with E-state index in [1.807, 2.05) is 0 Å². The number of hydrogen-bond acceptors (Lipinski definition) is 4. The smallest absolute Gasteiger partial charge is 0.0532 e. The molecule has 4 heteroatoms. The lowest BCUT2D eigenvalue weighted by Gasteiger charge is -2.42. The summed E-state index contributed by atoms with van der Waals surface area (Å²) in [5, 5.41) is 10.7. The van der Waals surface area contributed by atoms with Crippen molar-refractivity contribution in [1.82, 2.24) is 14.9 Å². The van der Waals surface area contributed by atoms with Crippen molar-refractivity contribution in [2.24, 2.45) is 0 Å². The summed E-state index contributed by atoms with van der Waals surface area (Å²) in [6.45, 7) is 11.6. The molecule has 0 atom stereocenters. The van der Waals surface area contributed by atoms with Crippen LogP contribution in [0.3, 0.4) is 0 Å². The molecule has 2 saturated heterocycles. The van der Waals surface area contributed by atoms with Crippen LogP contribution in [0, 0.1) is 0 Å². The third-order valence-electron chi connectivity index (χ3n) is 3.57. The quantitative estimate of drug-likeness (QED) is 0.721. The van der Waals surface area contributed by atoms with Crippen LogP contribution in [0.1, 0.15) is 12.8 Å². The van der Waals surface area contributed by atoms with Gasteiger partial charge in [0.1, 0.15) is 0 Å². The largest absolute Gasteiger partial charge is 0.306 e. The first-order valence-electron chi connectivity index (χ1n) is 5.85. The van der Waals surface area contributed by atoms with Crippen LogP contribution in [0.4, 0.5) is 0 Å². The molecule has 2 aliphatic rings. The first kappa shape index (κ1) is 11.6. The van der Waals surface area contributed by atoms with Crippen molar-refractivity contribution in [3.63, 3.8) is 0 Å². The molecule has 0 aromatic rings. The van der Waals surface area contributed by atoms with Crippen molar-refractivity contribution in [2.45, 2.75) is 18.9 Å². The molecule has 4 nitrogen and oxygen atoms in total. The molecule has 0 saturated carbocycles. The summed E-state index contributed by atoms with van der Waals surface area (Å²) < 4.78 is 0. The number of piperidine rings is 1. The molecule has 0 aromatic heterocycles. The van der Waals surface area contributed by atoms with Crippen LogP contribution in [0.25, 0.3) is 0 Å². The highest BCUT2D eigenvalue weighted by Gasteiger charge is 2.29. The summed E-state index contributed by atoms with van der Waals surface area (Å²) in [5.74, 6) is 0. The monoisotopic (exact) mass is 223 g/mol. The number of rotatable bonds is 1. The van der Waals surface area contributed by atoms with Crippen LogP contribution < -0.4 is 0 Å². The Morgan fingerprint density at radius 1 is 1.12 bits per heavy atom. The molecule has 1 N–H and O–H groups in total. The lowest BCUT2D eigenvalue weighted by molar-refractivity contribution is -0.0536. The standard InChI is InChI=1S/C12H21N3O/c1-10-8-14(9-11(2)15(10)16)12-4-6-13(3)7-5-12/h12,16H,1-2,4-9H2,3H3. The van der Waals surface area contributed by atoms with Crippen LogP contribution in [-0.2, 0) is 0 Å². The lowest BCUT2D eigenvalue weighted by Crippen LogP contribution is -2.49. The van der Waals surface area contributed by atoms with Crippen LogP contribution in [-0.4, -0.2) is 59.3 Å². The molecule has 2 fully saturated rings. The number of hydroxylamine groups is 2. The maximum atomic E-state index is 9.60. The van der Waals surface area contributed by atoms with E-state index in [1.165, 1.54) is 12.8 Å². The summed E-state index contributed by atoms with van der Waals surface area (Å²) in [5.41, 5.74) is 1.46. The van der Waals surface area contributed by atoms with Gasteiger partial charge in [-0.3, -0.25) is 10.1 Å². The molecule has 0 aromatic carbocycles.